The van der Waals surface area contributed by atoms with E-state index in [1.54, 1.807) is 33.8 Å². The van der Waals surface area contributed by atoms with E-state index in [0.29, 0.717) is 17.2 Å². The molecule has 0 amide bonds. The van der Waals surface area contributed by atoms with Gasteiger partial charge in [-0.3, -0.25) is 9.48 Å². The zero-order valence-electron chi connectivity index (χ0n) is 15.9. The molecule has 0 saturated carbocycles. The molecule has 142 valence electrons. The second-order valence-corrected chi connectivity index (χ2v) is 6.03. The van der Waals surface area contributed by atoms with Crippen LogP contribution in [-0.4, -0.2) is 29.3 Å². The predicted octanol–water partition coefficient (Wildman–Crippen LogP) is 3.15. The fourth-order valence-corrected chi connectivity index (χ4v) is 2.84. The Bertz CT molecular complexity index is 1110. The Morgan fingerprint density at radius 3 is 2.61 bits per heavy atom. The van der Waals surface area contributed by atoms with Crippen molar-refractivity contribution >= 4 is 11.9 Å². The van der Waals surface area contributed by atoms with Gasteiger partial charge in [-0.15, -0.1) is 0 Å². The number of nitriles is 1. The molecule has 0 N–H and O–H groups in total. The van der Waals surface area contributed by atoms with Gasteiger partial charge in [0.15, 0.2) is 23.8 Å². The van der Waals surface area contributed by atoms with Crippen LogP contribution < -0.4 is 15.0 Å². The number of ether oxygens (including phenoxy) is 2. The highest BCUT2D eigenvalue weighted by atomic mass is 16.5. The SMILES string of the molecule is COc1cc(C=Nc2c(C)n(C)n(-c3ccccc3)c2=O)ccc1OCC#N. The molecule has 3 aromatic rings. The van der Waals surface area contributed by atoms with Crippen LogP contribution in [0.4, 0.5) is 5.69 Å². The molecule has 1 heterocycles. The molecule has 0 unspecified atom stereocenters. The zero-order valence-corrected chi connectivity index (χ0v) is 15.9. The van der Waals surface area contributed by atoms with E-state index >= 15 is 0 Å². The third-order valence-electron chi connectivity index (χ3n) is 4.35. The van der Waals surface area contributed by atoms with Crippen LogP contribution in [0.15, 0.2) is 58.3 Å². The predicted molar refractivity (Wildman–Crippen MR) is 107 cm³/mol. The van der Waals surface area contributed by atoms with Gasteiger partial charge >= 0.3 is 0 Å². The molecule has 0 bridgehead atoms. The number of aromatic nitrogens is 2. The molecule has 7 heteroatoms. The molecule has 0 atom stereocenters. The van der Waals surface area contributed by atoms with Crippen LogP contribution in [-0.2, 0) is 7.05 Å². The highest BCUT2D eigenvalue weighted by Crippen LogP contribution is 2.27. The number of benzene rings is 2. The monoisotopic (exact) mass is 376 g/mol. The number of rotatable bonds is 6. The molecule has 0 fully saturated rings. The Labute approximate surface area is 162 Å². The first-order chi connectivity index (χ1) is 13.6. The van der Waals surface area contributed by atoms with Crippen LogP contribution in [0.2, 0.25) is 0 Å². The van der Waals surface area contributed by atoms with Crippen LogP contribution in [0, 0.1) is 18.3 Å². The van der Waals surface area contributed by atoms with Crippen molar-refractivity contribution in [2.24, 2.45) is 12.0 Å². The van der Waals surface area contributed by atoms with Gasteiger partial charge in [0.25, 0.3) is 5.56 Å². The minimum Gasteiger partial charge on any atom is -0.493 e. The first-order valence-electron chi connectivity index (χ1n) is 8.62. The summed E-state index contributed by atoms with van der Waals surface area (Å²) in [6.07, 6.45) is 1.61. The topological polar surface area (TPSA) is 81.5 Å². The molecular formula is C21H20N4O3. The Balaban J connectivity index is 1.95. The van der Waals surface area contributed by atoms with Crippen LogP contribution in [0.3, 0.4) is 0 Å². The summed E-state index contributed by atoms with van der Waals surface area (Å²) >= 11 is 0. The molecular weight excluding hydrogens is 356 g/mol. The van der Waals surface area contributed by atoms with Crippen LogP contribution in [0.25, 0.3) is 5.69 Å². The minimum absolute atomic E-state index is 0.0635. The number of hydrogen-bond acceptors (Lipinski definition) is 5. The summed E-state index contributed by atoms with van der Waals surface area (Å²) in [4.78, 5) is 17.3. The molecule has 0 aliphatic rings. The van der Waals surface area contributed by atoms with Gasteiger partial charge in [-0.05, 0) is 42.8 Å². The van der Waals surface area contributed by atoms with E-state index in [9.17, 15) is 4.79 Å². The highest BCUT2D eigenvalue weighted by molar-refractivity contribution is 5.83. The molecule has 28 heavy (non-hydrogen) atoms. The van der Waals surface area contributed by atoms with E-state index in [1.807, 2.05) is 50.4 Å². The Morgan fingerprint density at radius 1 is 1.18 bits per heavy atom. The molecule has 1 aromatic heterocycles. The molecule has 0 spiro atoms. The van der Waals surface area contributed by atoms with Crippen LogP contribution in [0.5, 0.6) is 11.5 Å². The van der Waals surface area contributed by atoms with Gasteiger partial charge < -0.3 is 9.47 Å². The Hall–Kier alpha value is -3.79. The van der Waals surface area contributed by atoms with Gasteiger partial charge in [0.05, 0.1) is 18.5 Å². The van der Waals surface area contributed by atoms with Gasteiger partial charge in [0.1, 0.15) is 6.07 Å². The lowest BCUT2D eigenvalue weighted by Crippen LogP contribution is -2.19. The summed E-state index contributed by atoms with van der Waals surface area (Å²) in [5, 5.41) is 8.64. The van der Waals surface area contributed by atoms with E-state index in [0.717, 1.165) is 16.9 Å². The number of para-hydroxylation sites is 1. The van der Waals surface area contributed by atoms with E-state index < -0.39 is 0 Å². The maximum Gasteiger partial charge on any atom is 0.297 e. The van der Waals surface area contributed by atoms with Gasteiger partial charge in [-0.25, -0.2) is 9.67 Å². The lowest BCUT2D eigenvalue weighted by molar-refractivity contribution is 0.329. The fourth-order valence-electron chi connectivity index (χ4n) is 2.84. The maximum absolute atomic E-state index is 12.9. The average molecular weight is 376 g/mol. The maximum atomic E-state index is 12.9. The summed E-state index contributed by atoms with van der Waals surface area (Å²) < 4.78 is 14.0. The standard InChI is InChI=1S/C21H20N4O3/c1-15-20(21(26)25(24(15)2)17-7-5-4-6-8-17)23-14-16-9-10-18(28-12-11-22)19(13-16)27-3/h4-10,13-14H,12H2,1-3H3. The van der Waals surface area contributed by atoms with E-state index in [-0.39, 0.29) is 12.2 Å². The number of hydrogen-bond donors (Lipinski definition) is 0. The van der Waals surface area contributed by atoms with E-state index in [1.165, 1.54) is 7.11 Å². The molecule has 0 radical (unpaired) electrons. The summed E-state index contributed by atoms with van der Waals surface area (Å²) in [5.41, 5.74) is 2.46. The normalized spacial score (nSPS) is 10.8. The molecule has 3 rings (SSSR count). The second-order valence-electron chi connectivity index (χ2n) is 6.03. The first-order valence-corrected chi connectivity index (χ1v) is 8.62. The third-order valence-corrected chi connectivity index (χ3v) is 4.35. The van der Waals surface area contributed by atoms with Crippen molar-refractivity contribution in [2.75, 3.05) is 13.7 Å². The van der Waals surface area contributed by atoms with Crippen molar-refractivity contribution in [1.82, 2.24) is 9.36 Å². The van der Waals surface area contributed by atoms with Crippen LogP contribution in [0.1, 0.15) is 11.3 Å². The summed E-state index contributed by atoms with van der Waals surface area (Å²) in [7, 11) is 3.35. The van der Waals surface area contributed by atoms with Gasteiger partial charge in [-0.1, -0.05) is 18.2 Å². The average Bonchev–Trinajstić information content (AvgIpc) is 2.94. The second kappa shape index (κ2) is 8.27. The summed E-state index contributed by atoms with van der Waals surface area (Å²) in [5.74, 6) is 0.967. The molecule has 0 aliphatic heterocycles. The summed E-state index contributed by atoms with van der Waals surface area (Å²) in [6.45, 7) is 1.79. The van der Waals surface area contributed by atoms with Gasteiger partial charge in [0.2, 0.25) is 0 Å². The molecule has 2 aromatic carbocycles. The third kappa shape index (κ3) is 3.67. The quantitative estimate of drug-likeness (QED) is 0.619. The van der Waals surface area contributed by atoms with Crippen molar-refractivity contribution in [1.29, 1.82) is 5.26 Å². The zero-order chi connectivity index (χ0) is 20.1. The van der Waals surface area contributed by atoms with Gasteiger partial charge in [0, 0.05) is 13.3 Å². The largest absolute Gasteiger partial charge is 0.493 e. The van der Waals surface area contributed by atoms with E-state index in [2.05, 4.69) is 4.99 Å². The molecule has 7 nitrogen and oxygen atoms in total. The lowest BCUT2D eigenvalue weighted by atomic mass is 10.2. The molecule has 0 saturated heterocycles. The smallest absolute Gasteiger partial charge is 0.297 e. The lowest BCUT2D eigenvalue weighted by Gasteiger charge is -2.08. The van der Waals surface area contributed by atoms with Crippen molar-refractivity contribution in [2.45, 2.75) is 6.92 Å². The van der Waals surface area contributed by atoms with Crippen molar-refractivity contribution < 1.29 is 9.47 Å². The number of aliphatic imine (C=N–C) groups is 1. The number of methoxy groups -OCH3 is 1. The Morgan fingerprint density at radius 2 is 1.93 bits per heavy atom. The number of nitrogens with zero attached hydrogens (tertiary/aromatic N) is 4. The van der Waals surface area contributed by atoms with E-state index in [4.69, 9.17) is 14.7 Å². The highest BCUT2D eigenvalue weighted by Gasteiger charge is 2.15. The summed E-state index contributed by atoms with van der Waals surface area (Å²) in [6, 6.07) is 16.6. The molecule has 0 aliphatic carbocycles. The minimum atomic E-state index is -0.191. The van der Waals surface area contributed by atoms with Crippen molar-refractivity contribution in [3.63, 3.8) is 0 Å². The Kier molecular flexibility index (Phi) is 5.61. The van der Waals surface area contributed by atoms with Crippen LogP contribution >= 0.6 is 0 Å². The van der Waals surface area contributed by atoms with Gasteiger partial charge in [-0.2, -0.15) is 5.26 Å². The fraction of sp³-hybridized carbons (Fsp3) is 0.190. The van der Waals surface area contributed by atoms with Crippen molar-refractivity contribution in [3.05, 3.63) is 70.1 Å². The van der Waals surface area contributed by atoms with Crippen molar-refractivity contribution in [3.8, 4) is 23.3 Å². The first kappa shape index (κ1) is 19.0.